The first-order valence-corrected chi connectivity index (χ1v) is 8.83. The van der Waals surface area contributed by atoms with Gasteiger partial charge >= 0.3 is 0 Å². The van der Waals surface area contributed by atoms with Crippen LogP contribution >= 0.6 is 24.0 Å². The standard InChI is InChI=1S/C20H29N3O3.HI/c1-5-21-19(22-12-16-8-6-7-9-17(16)13-25-4)23-14-20(3,24)18-11-10-15(2)26-18;/h6-11,24H,5,12-14H2,1-4H3,(H2,21,22,23);1H. The van der Waals surface area contributed by atoms with Crippen LogP contribution in [0.25, 0.3) is 0 Å². The number of hydrogen-bond donors (Lipinski definition) is 3. The number of furan rings is 1. The number of aryl methyl sites for hydroxylation is 1. The number of aliphatic imine (C=N–C) groups is 1. The van der Waals surface area contributed by atoms with Crippen molar-refractivity contribution in [1.29, 1.82) is 0 Å². The van der Waals surface area contributed by atoms with Gasteiger partial charge in [-0.25, -0.2) is 4.99 Å². The van der Waals surface area contributed by atoms with Gasteiger partial charge in [0.05, 0.1) is 19.7 Å². The van der Waals surface area contributed by atoms with E-state index in [-0.39, 0.29) is 30.5 Å². The molecule has 0 aliphatic rings. The third-order valence-corrected chi connectivity index (χ3v) is 4.04. The molecule has 0 saturated heterocycles. The molecule has 1 aromatic carbocycles. The van der Waals surface area contributed by atoms with Crippen LogP contribution in [0.2, 0.25) is 0 Å². The summed E-state index contributed by atoms with van der Waals surface area (Å²) in [4.78, 5) is 4.63. The fourth-order valence-electron chi connectivity index (χ4n) is 2.58. The molecule has 0 bridgehead atoms. The van der Waals surface area contributed by atoms with Gasteiger partial charge in [0.2, 0.25) is 0 Å². The summed E-state index contributed by atoms with van der Waals surface area (Å²) in [7, 11) is 1.68. The van der Waals surface area contributed by atoms with Crippen molar-refractivity contribution in [2.45, 2.75) is 39.5 Å². The molecule has 0 radical (unpaired) electrons. The predicted molar refractivity (Wildman–Crippen MR) is 118 cm³/mol. The number of methoxy groups -OCH3 is 1. The lowest BCUT2D eigenvalue weighted by atomic mass is 10.0. The first-order chi connectivity index (χ1) is 12.5. The lowest BCUT2D eigenvalue weighted by molar-refractivity contribution is 0.0378. The van der Waals surface area contributed by atoms with E-state index >= 15 is 0 Å². The van der Waals surface area contributed by atoms with E-state index in [9.17, 15) is 5.11 Å². The molecule has 0 aliphatic heterocycles. The summed E-state index contributed by atoms with van der Waals surface area (Å²) in [5.41, 5.74) is 1.10. The van der Waals surface area contributed by atoms with Gasteiger partial charge < -0.3 is 24.9 Å². The molecule has 1 heterocycles. The van der Waals surface area contributed by atoms with Crippen molar-refractivity contribution in [3.05, 3.63) is 59.0 Å². The Balaban J connectivity index is 0.00000364. The molecular weight excluding hydrogens is 457 g/mol. The maximum absolute atomic E-state index is 10.7. The molecule has 1 unspecified atom stereocenters. The Hall–Kier alpha value is -1.58. The number of guanidine groups is 1. The average Bonchev–Trinajstić information content (AvgIpc) is 3.06. The van der Waals surface area contributed by atoms with Crippen molar-refractivity contribution in [2.75, 3.05) is 20.2 Å². The highest BCUT2D eigenvalue weighted by atomic mass is 127. The minimum atomic E-state index is -1.13. The average molecular weight is 487 g/mol. The SMILES string of the molecule is CCNC(=NCc1ccccc1COC)NCC(C)(O)c1ccc(C)o1.I. The topological polar surface area (TPSA) is 79.0 Å². The molecule has 2 aromatic rings. The number of rotatable bonds is 8. The quantitative estimate of drug-likeness (QED) is 0.303. The highest BCUT2D eigenvalue weighted by molar-refractivity contribution is 14.0. The summed E-state index contributed by atoms with van der Waals surface area (Å²) in [6, 6.07) is 11.7. The summed E-state index contributed by atoms with van der Waals surface area (Å²) in [5.74, 6) is 1.95. The summed E-state index contributed by atoms with van der Waals surface area (Å²) >= 11 is 0. The summed E-state index contributed by atoms with van der Waals surface area (Å²) < 4.78 is 10.8. The van der Waals surface area contributed by atoms with E-state index in [2.05, 4.69) is 15.6 Å². The smallest absolute Gasteiger partial charge is 0.191 e. The Morgan fingerprint density at radius 2 is 1.89 bits per heavy atom. The highest BCUT2D eigenvalue weighted by Crippen LogP contribution is 2.21. The second-order valence-corrected chi connectivity index (χ2v) is 6.43. The number of aliphatic hydroxyl groups is 1. The summed E-state index contributed by atoms with van der Waals surface area (Å²) in [6.07, 6.45) is 0. The van der Waals surface area contributed by atoms with Crippen molar-refractivity contribution >= 4 is 29.9 Å². The van der Waals surface area contributed by atoms with E-state index in [1.165, 1.54) is 0 Å². The molecule has 7 heteroatoms. The molecular formula is C20H30IN3O3. The zero-order chi connectivity index (χ0) is 19.0. The molecule has 150 valence electrons. The molecule has 0 spiro atoms. The van der Waals surface area contributed by atoms with Gasteiger partial charge in [0.25, 0.3) is 0 Å². The van der Waals surface area contributed by atoms with E-state index in [0.29, 0.717) is 24.9 Å². The Kier molecular flexibility index (Phi) is 9.82. The van der Waals surface area contributed by atoms with Gasteiger partial charge in [-0.2, -0.15) is 0 Å². The zero-order valence-electron chi connectivity index (χ0n) is 16.4. The second kappa shape index (κ2) is 11.3. The zero-order valence-corrected chi connectivity index (χ0v) is 18.7. The molecule has 0 amide bonds. The first-order valence-electron chi connectivity index (χ1n) is 8.83. The van der Waals surface area contributed by atoms with Crippen LogP contribution in [0.3, 0.4) is 0 Å². The number of hydrogen-bond acceptors (Lipinski definition) is 4. The molecule has 3 N–H and O–H groups in total. The van der Waals surface area contributed by atoms with Crippen LogP contribution in [0.5, 0.6) is 0 Å². The van der Waals surface area contributed by atoms with Gasteiger partial charge in [-0.3, -0.25) is 0 Å². The highest BCUT2D eigenvalue weighted by Gasteiger charge is 2.27. The molecule has 27 heavy (non-hydrogen) atoms. The van der Waals surface area contributed by atoms with Crippen molar-refractivity contribution in [1.82, 2.24) is 10.6 Å². The third-order valence-electron chi connectivity index (χ3n) is 4.04. The van der Waals surface area contributed by atoms with Gasteiger partial charge in [-0.15, -0.1) is 24.0 Å². The first kappa shape index (κ1) is 23.5. The summed E-state index contributed by atoms with van der Waals surface area (Å²) in [6.45, 7) is 7.67. The van der Waals surface area contributed by atoms with E-state index < -0.39 is 5.60 Å². The van der Waals surface area contributed by atoms with E-state index in [0.717, 1.165) is 23.4 Å². The van der Waals surface area contributed by atoms with Crippen LogP contribution in [0.1, 0.15) is 36.5 Å². The summed E-state index contributed by atoms with van der Waals surface area (Å²) in [5, 5.41) is 17.0. The van der Waals surface area contributed by atoms with E-state index in [1.54, 1.807) is 20.1 Å². The molecule has 0 aliphatic carbocycles. The van der Waals surface area contributed by atoms with Crippen LogP contribution in [0.4, 0.5) is 0 Å². The molecule has 1 aromatic heterocycles. The number of ether oxygens (including phenoxy) is 1. The van der Waals surface area contributed by atoms with Crippen molar-refractivity contribution in [3.8, 4) is 0 Å². The van der Waals surface area contributed by atoms with Crippen LogP contribution < -0.4 is 10.6 Å². The number of halogens is 1. The van der Waals surface area contributed by atoms with E-state index in [4.69, 9.17) is 9.15 Å². The molecule has 6 nitrogen and oxygen atoms in total. The Labute approximate surface area is 178 Å². The van der Waals surface area contributed by atoms with Crippen molar-refractivity contribution in [2.24, 2.45) is 4.99 Å². The monoisotopic (exact) mass is 487 g/mol. The lowest BCUT2D eigenvalue weighted by Crippen LogP contribution is -2.44. The normalized spacial score (nSPS) is 13.6. The number of benzene rings is 1. The van der Waals surface area contributed by atoms with Crippen molar-refractivity contribution < 1.29 is 14.3 Å². The van der Waals surface area contributed by atoms with Crippen LogP contribution in [-0.4, -0.2) is 31.3 Å². The van der Waals surface area contributed by atoms with Gasteiger partial charge in [0, 0.05) is 13.7 Å². The minimum Gasteiger partial charge on any atom is -0.463 e. The van der Waals surface area contributed by atoms with Crippen LogP contribution in [0, 0.1) is 6.92 Å². The van der Waals surface area contributed by atoms with Gasteiger partial charge in [-0.05, 0) is 44.0 Å². The second-order valence-electron chi connectivity index (χ2n) is 6.43. The fraction of sp³-hybridized carbons (Fsp3) is 0.450. The minimum absolute atomic E-state index is 0. The largest absolute Gasteiger partial charge is 0.463 e. The van der Waals surface area contributed by atoms with Gasteiger partial charge in [0.15, 0.2) is 5.96 Å². The number of nitrogens with one attached hydrogen (secondary N) is 2. The van der Waals surface area contributed by atoms with Crippen LogP contribution in [0.15, 0.2) is 45.8 Å². The molecule has 2 rings (SSSR count). The Bertz CT molecular complexity index is 729. The van der Waals surface area contributed by atoms with Crippen molar-refractivity contribution in [3.63, 3.8) is 0 Å². The number of nitrogens with zero attached hydrogens (tertiary/aromatic N) is 1. The van der Waals surface area contributed by atoms with Gasteiger partial charge in [-0.1, -0.05) is 24.3 Å². The van der Waals surface area contributed by atoms with Crippen LogP contribution in [-0.2, 0) is 23.5 Å². The lowest BCUT2D eigenvalue weighted by Gasteiger charge is -2.23. The maximum Gasteiger partial charge on any atom is 0.191 e. The fourth-order valence-corrected chi connectivity index (χ4v) is 2.58. The van der Waals surface area contributed by atoms with Gasteiger partial charge in [0.1, 0.15) is 17.1 Å². The van der Waals surface area contributed by atoms with E-state index in [1.807, 2.05) is 44.2 Å². The Morgan fingerprint density at radius 1 is 1.19 bits per heavy atom. The molecule has 0 fully saturated rings. The molecule has 0 saturated carbocycles. The molecule has 1 atom stereocenters. The third kappa shape index (κ3) is 7.15. The Morgan fingerprint density at radius 3 is 2.48 bits per heavy atom. The predicted octanol–water partition coefficient (Wildman–Crippen LogP) is 3.32. The maximum atomic E-state index is 10.7.